The number of ether oxygens (including phenoxy) is 1. The first-order valence-corrected chi connectivity index (χ1v) is 7.67. The van der Waals surface area contributed by atoms with Crippen molar-refractivity contribution in [1.29, 1.82) is 0 Å². The Morgan fingerprint density at radius 3 is 2.62 bits per heavy atom. The summed E-state index contributed by atoms with van der Waals surface area (Å²) in [5.74, 6) is 0.729. The number of aryl methyl sites for hydroxylation is 2. The van der Waals surface area contributed by atoms with E-state index < -0.39 is 0 Å². The number of nitrogens with one attached hydrogen (secondary N) is 1. The fourth-order valence-corrected chi connectivity index (χ4v) is 2.57. The Hall–Kier alpha value is -1.51. The van der Waals surface area contributed by atoms with Gasteiger partial charge < -0.3 is 10.1 Å². The number of hydrogen-bond donors (Lipinski definition) is 1. The van der Waals surface area contributed by atoms with Crippen LogP contribution in [0.2, 0.25) is 5.02 Å². The molecule has 0 bridgehead atoms. The standard InChI is InChI=1S/C18H22ClNO/c1-4-20-17(15-11-13(2)9-10-14(15)3)12-21-18-8-6-5-7-16(18)19/h5-11,17,20H,4,12H2,1-3H3. The fourth-order valence-electron chi connectivity index (χ4n) is 2.38. The largest absolute Gasteiger partial charge is 0.490 e. The molecule has 0 fully saturated rings. The minimum atomic E-state index is 0.158. The van der Waals surface area contributed by atoms with E-state index in [2.05, 4.69) is 44.3 Å². The van der Waals surface area contributed by atoms with Gasteiger partial charge in [0.25, 0.3) is 0 Å². The molecule has 2 aromatic carbocycles. The molecule has 112 valence electrons. The van der Waals surface area contributed by atoms with Gasteiger partial charge in [0.1, 0.15) is 12.4 Å². The third-order valence-electron chi connectivity index (χ3n) is 3.50. The topological polar surface area (TPSA) is 21.3 Å². The first-order valence-electron chi connectivity index (χ1n) is 7.29. The molecule has 1 atom stereocenters. The molecule has 2 nitrogen and oxygen atoms in total. The number of rotatable bonds is 6. The maximum absolute atomic E-state index is 6.14. The first-order chi connectivity index (χ1) is 10.1. The van der Waals surface area contributed by atoms with Crippen molar-refractivity contribution in [3.8, 4) is 5.75 Å². The molecule has 0 heterocycles. The summed E-state index contributed by atoms with van der Waals surface area (Å²) < 4.78 is 5.91. The quantitative estimate of drug-likeness (QED) is 0.836. The number of likely N-dealkylation sites (N-methyl/N-ethyl adjacent to an activating group) is 1. The maximum Gasteiger partial charge on any atom is 0.137 e. The van der Waals surface area contributed by atoms with Gasteiger partial charge in [-0.15, -0.1) is 0 Å². The van der Waals surface area contributed by atoms with Crippen molar-refractivity contribution < 1.29 is 4.74 Å². The van der Waals surface area contributed by atoms with Crippen molar-refractivity contribution in [3.05, 3.63) is 64.2 Å². The molecule has 0 saturated heterocycles. The molecule has 2 aromatic rings. The zero-order chi connectivity index (χ0) is 15.2. The molecular weight excluding hydrogens is 282 g/mol. The van der Waals surface area contributed by atoms with Crippen molar-refractivity contribution in [2.24, 2.45) is 0 Å². The van der Waals surface area contributed by atoms with Crippen molar-refractivity contribution in [1.82, 2.24) is 5.32 Å². The number of benzene rings is 2. The summed E-state index contributed by atoms with van der Waals surface area (Å²) in [6, 6.07) is 14.3. The predicted octanol–water partition coefficient (Wildman–Crippen LogP) is 4.69. The molecule has 0 radical (unpaired) electrons. The number of halogens is 1. The molecule has 0 saturated carbocycles. The highest BCUT2D eigenvalue weighted by Crippen LogP contribution is 2.26. The zero-order valence-electron chi connectivity index (χ0n) is 12.8. The Balaban J connectivity index is 2.16. The van der Waals surface area contributed by atoms with Crippen LogP contribution in [0.5, 0.6) is 5.75 Å². The first kappa shape index (κ1) is 15.9. The Kier molecular flexibility index (Phi) is 5.66. The highest BCUT2D eigenvalue weighted by atomic mass is 35.5. The summed E-state index contributed by atoms with van der Waals surface area (Å²) in [5, 5.41) is 4.14. The van der Waals surface area contributed by atoms with Gasteiger partial charge in [-0.1, -0.05) is 54.4 Å². The van der Waals surface area contributed by atoms with Crippen molar-refractivity contribution in [3.63, 3.8) is 0 Å². The normalized spacial score (nSPS) is 12.2. The summed E-state index contributed by atoms with van der Waals surface area (Å²) in [7, 11) is 0. The highest BCUT2D eigenvalue weighted by molar-refractivity contribution is 6.32. The van der Waals surface area contributed by atoms with E-state index in [9.17, 15) is 0 Å². The SMILES string of the molecule is CCNC(COc1ccccc1Cl)c1cc(C)ccc1C. The van der Waals surface area contributed by atoms with E-state index in [-0.39, 0.29) is 6.04 Å². The summed E-state index contributed by atoms with van der Waals surface area (Å²) in [5.41, 5.74) is 3.81. The van der Waals surface area contributed by atoms with Crippen LogP contribution < -0.4 is 10.1 Å². The smallest absolute Gasteiger partial charge is 0.137 e. The lowest BCUT2D eigenvalue weighted by molar-refractivity contribution is 0.268. The minimum Gasteiger partial charge on any atom is -0.490 e. The van der Waals surface area contributed by atoms with E-state index in [1.54, 1.807) is 0 Å². The Bertz CT molecular complexity index is 598. The summed E-state index contributed by atoms with van der Waals surface area (Å²) in [6.45, 7) is 7.80. The van der Waals surface area contributed by atoms with Gasteiger partial charge in [-0.3, -0.25) is 0 Å². The monoisotopic (exact) mass is 303 g/mol. The van der Waals surface area contributed by atoms with Crippen molar-refractivity contribution in [2.45, 2.75) is 26.8 Å². The summed E-state index contributed by atoms with van der Waals surface area (Å²) in [4.78, 5) is 0. The lowest BCUT2D eigenvalue weighted by Crippen LogP contribution is -2.27. The van der Waals surface area contributed by atoms with Gasteiger partial charge in [0.05, 0.1) is 11.1 Å². The molecule has 2 rings (SSSR count). The molecule has 0 aromatic heterocycles. The Labute approximate surface area is 132 Å². The Morgan fingerprint density at radius 1 is 1.14 bits per heavy atom. The maximum atomic E-state index is 6.14. The van der Waals surface area contributed by atoms with E-state index in [1.165, 1.54) is 16.7 Å². The molecular formula is C18H22ClNO. The van der Waals surface area contributed by atoms with Gasteiger partial charge >= 0.3 is 0 Å². The second kappa shape index (κ2) is 7.48. The van der Waals surface area contributed by atoms with Crippen LogP contribution in [0, 0.1) is 13.8 Å². The highest BCUT2D eigenvalue weighted by Gasteiger charge is 2.14. The van der Waals surface area contributed by atoms with E-state index >= 15 is 0 Å². The van der Waals surface area contributed by atoms with Gasteiger partial charge in [-0.25, -0.2) is 0 Å². The Morgan fingerprint density at radius 2 is 1.90 bits per heavy atom. The van der Waals surface area contributed by atoms with Crippen LogP contribution in [0.3, 0.4) is 0 Å². The molecule has 0 amide bonds. The molecule has 1 N–H and O–H groups in total. The van der Waals surface area contributed by atoms with E-state index in [1.807, 2.05) is 24.3 Å². The van der Waals surface area contributed by atoms with Crippen LogP contribution >= 0.6 is 11.6 Å². The average Bonchev–Trinajstić information content (AvgIpc) is 2.48. The van der Waals surface area contributed by atoms with Gasteiger partial charge in [-0.05, 0) is 43.7 Å². The van der Waals surface area contributed by atoms with Crippen LogP contribution in [-0.2, 0) is 0 Å². The molecule has 1 unspecified atom stereocenters. The molecule has 3 heteroatoms. The predicted molar refractivity (Wildman–Crippen MR) is 89.3 cm³/mol. The summed E-state index contributed by atoms with van der Waals surface area (Å²) >= 11 is 6.14. The van der Waals surface area contributed by atoms with E-state index in [0.717, 1.165) is 12.3 Å². The fraction of sp³-hybridized carbons (Fsp3) is 0.333. The van der Waals surface area contributed by atoms with Crippen LogP contribution in [0.4, 0.5) is 0 Å². The third-order valence-corrected chi connectivity index (χ3v) is 3.82. The van der Waals surface area contributed by atoms with Crippen LogP contribution in [0.15, 0.2) is 42.5 Å². The second-order valence-corrected chi connectivity index (χ2v) is 5.62. The van der Waals surface area contributed by atoms with Gasteiger partial charge in [-0.2, -0.15) is 0 Å². The lowest BCUT2D eigenvalue weighted by atomic mass is 9.99. The molecule has 0 spiro atoms. The molecule has 0 aliphatic carbocycles. The molecule has 0 aliphatic rings. The van der Waals surface area contributed by atoms with E-state index in [0.29, 0.717) is 11.6 Å². The van der Waals surface area contributed by atoms with Gasteiger partial charge in [0.15, 0.2) is 0 Å². The summed E-state index contributed by atoms with van der Waals surface area (Å²) in [6.07, 6.45) is 0. The zero-order valence-corrected chi connectivity index (χ0v) is 13.6. The van der Waals surface area contributed by atoms with Gasteiger partial charge in [0.2, 0.25) is 0 Å². The minimum absolute atomic E-state index is 0.158. The van der Waals surface area contributed by atoms with Gasteiger partial charge in [0, 0.05) is 0 Å². The van der Waals surface area contributed by atoms with Crippen molar-refractivity contribution >= 4 is 11.6 Å². The average molecular weight is 304 g/mol. The lowest BCUT2D eigenvalue weighted by Gasteiger charge is -2.21. The van der Waals surface area contributed by atoms with Crippen molar-refractivity contribution in [2.75, 3.05) is 13.2 Å². The van der Waals surface area contributed by atoms with Crippen LogP contribution in [-0.4, -0.2) is 13.2 Å². The van der Waals surface area contributed by atoms with Crippen LogP contribution in [0.25, 0.3) is 0 Å². The van der Waals surface area contributed by atoms with E-state index in [4.69, 9.17) is 16.3 Å². The third kappa shape index (κ3) is 4.23. The second-order valence-electron chi connectivity index (χ2n) is 5.21. The molecule has 21 heavy (non-hydrogen) atoms. The molecule has 0 aliphatic heterocycles. The number of para-hydroxylation sites is 1. The van der Waals surface area contributed by atoms with Crippen LogP contribution in [0.1, 0.15) is 29.7 Å². The number of hydrogen-bond acceptors (Lipinski definition) is 2.